The van der Waals surface area contributed by atoms with Gasteiger partial charge in [-0.2, -0.15) is 5.10 Å². The summed E-state index contributed by atoms with van der Waals surface area (Å²) in [5.41, 5.74) is 10.00. The van der Waals surface area contributed by atoms with Gasteiger partial charge in [0.05, 0.1) is 12.8 Å². The van der Waals surface area contributed by atoms with Gasteiger partial charge in [-0.3, -0.25) is 4.68 Å². The number of ether oxygens (including phenoxy) is 1. The summed E-state index contributed by atoms with van der Waals surface area (Å²) in [7, 11) is 3.44. The van der Waals surface area contributed by atoms with Crippen LogP contribution in [0.3, 0.4) is 0 Å². The van der Waals surface area contributed by atoms with Crippen LogP contribution in [-0.4, -0.2) is 16.9 Å². The Morgan fingerprint density at radius 2 is 2.10 bits per heavy atom. The molecule has 0 saturated carbocycles. The highest BCUT2D eigenvalue weighted by Gasteiger charge is 2.15. The van der Waals surface area contributed by atoms with Crippen molar-refractivity contribution in [1.29, 1.82) is 0 Å². The molecule has 0 aliphatic rings. The number of benzene rings is 1. The largest absolute Gasteiger partial charge is 0.497 e. The molecule has 0 radical (unpaired) electrons. The number of nitrogens with two attached hydrogens (primary N) is 1. The van der Waals surface area contributed by atoms with Crippen molar-refractivity contribution in [3.8, 4) is 5.75 Å². The monoisotopic (exact) mass is 291 g/mol. The van der Waals surface area contributed by atoms with Crippen LogP contribution in [0.2, 0.25) is 0 Å². The Labute approximate surface area is 124 Å². The molecule has 0 amide bonds. The molecule has 4 nitrogen and oxygen atoms in total. The molecule has 2 N–H and O–H groups in total. The maximum atomic E-state index is 14.0. The number of rotatable bonds is 5. The smallest absolute Gasteiger partial charge is 0.131 e. The summed E-state index contributed by atoms with van der Waals surface area (Å²) in [6.07, 6.45) is 1.47. The average molecular weight is 291 g/mol. The van der Waals surface area contributed by atoms with Gasteiger partial charge in [0, 0.05) is 30.4 Å². The number of nitrogens with zero attached hydrogens (tertiary/aromatic N) is 2. The number of methoxy groups -OCH3 is 1. The fourth-order valence-electron chi connectivity index (χ4n) is 2.57. The quantitative estimate of drug-likeness (QED) is 0.921. The van der Waals surface area contributed by atoms with Crippen molar-refractivity contribution >= 4 is 0 Å². The highest BCUT2D eigenvalue weighted by Crippen LogP contribution is 2.24. The third kappa shape index (κ3) is 3.24. The Morgan fingerprint density at radius 1 is 1.38 bits per heavy atom. The summed E-state index contributed by atoms with van der Waals surface area (Å²) < 4.78 is 20.9. The Morgan fingerprint density at radius 3 is 2.62 bits per heavy atom. The van der Waals surface area contributed by atoms with E-state index in [9.17, 15) is 4.39 Å². The van der Waals surface area contributed by atoms with Crippen LogP contribution in [0.5, 0.6) is 5.75 Å². The predicted octanol–water partition coefficient (Wildman–Crippen LogP) is 2.82. The first-order valence-corrected chi connectivity index (χ1v) is 7.02. The second kappa shape index (κ2) is 6.26. The molecule has 114 valence electrons. The van der Waals surface area contributed by atoms with E-state index in [0.29, 0.717) is 17.7 Å². The minimum atomic E-state index is -0.338. The summed E-state index contributed by atoms with van der Waals surface area (Å²) in [4.78, 5) is 0. The molecule has 0 saturated heterocycles. The van der Waals surface area contributed by atoms with Gasteiger partial charge in [-0.05, 0) is 38.3 Å². The number of aryl methyl sites for hydroxylation is 2. The molecule has 1 aromatic heterocycles. The molecule has 1 heterocycles. The van der Waals surface area contributed by atoms with Gasteiger partial charge in [-0.15, -0.1) is 0 Å². The van der Waals surface area contributed by atoms with E-state index in [1.54, 1.807) is 12.1 Å². The van der Waals surface area contributed by atoms with Crippen LogP contribution < -0.4 is 10.5 Å². The third-order valence-corrected chi connectivity index (χ3v) is 3.97. The van der Waals surface area contributed by atoms with Crippen molar-refractivity contribution in [1.82, 2.24) is 9.78 Å². The standard InChI is InChI=1S/C16H22FN3O/c1-10-13(11(2)20(3)19-10)7-8-16(18)14-6-5-12(21-4)9-15(14)17/h5-6,9,16H,7-8,18H2,1-4H3. The van der Waals surface area contributed by atoms with Gasteiger partial charge in [0.15, 0.2) is 0 Å². The molecule has 0 aliphatic carbocycles. The number of hydrogen-bond acceptors (Lipinski definition) is 3. The average Bonchev–Trinajstić information content (AvgIpc) is 2.69. The molecule has 0 aliphatic heterocycles. The number of halogens is 1. The summed E-state index contributed by atoms with van der Waals surface area (Å²) in [6, 6.07) is 4.46. The van der Waals surface area contributed by atoms with Crippen molar-refractivity contribution in [2.24, 2.45) is 12.8 Å². The fourth-order valence-corrected chi connectivity index (χ4v) is 2.57. The first kappa shape index (κ1) is 15.5. The van der Waals surface area contributed by atoms with Gasteiger partial charge in [-0.1, -0.05) is 6.07 Å². The lowest BCUT2D eigenvalue weighted by atomic mass is 9.98. The zero-order chi connectivity index (χ0) is 15.6. The Balaban J connectivity index is 2.10. The molecular weight excluding hydrogens is 269 g/mol. The minimum Gasteiger partial charge on any atom is -0.497 e. The first-order chi connectivity index (χ1) is 9.93. The normalized spacial score (nSPS) is 12.5. The van der Waals surface area contributed by atoms with E-state index < -0.39 is 0 Å². The number of hydrogen-bond donors (Lipinski definition) is 1. The van der Waals surface area contributed by atoms with E-state index >= 15 is 0 Å². The molecule has 21 heavy (non-hydrogen) atoms. The van der Waals surface area contributed by atoms with Crippen LogP contribution in [0.4, 0.5) is 4.39 Å². The van der Waals surface area contributed by atoms with Crippen molar-refractivity contribution in [2.45, 2.75) is 32.7 Å². The van der Waals surface area contributed by atoms with E-state index in [-0.39, 0.29) is 11.9 Å². The van der Waals surface area contributed by atoms with Crippen molar-refractivity contribution in [3.05, 3.63) is 46.5 Å². The van der Waals surface area contributed by atoms with Crippen LogP contribution in [-0.2, 0) is 13.5 Å². The summed E-state index contributed by atoms with van der Waals surface area (Å²) in [5, 5.41) is 4.39. The number of aromatic nitrogens is 2. The maximum Gasteiger partial charge on any atom is 0.131 e. The summed E-state index contributed by atoms with van der Waals surface area (Å²) >= 11 is 0. The molecule has 2 aromatic rings. The molecule has 0 bridgehead atoms. The van der Waals surface area contributed by atoms with Crippen LogP contribution in [0.25, 0.3) is 0 Å². The van der Waals surface area contributed by atoms with Crippen LogP contribution in [0.1, 0.15) is 35.0 Å². The van der Waals surface area contributed by atoms with E-state index in [1.165, 1.54) is 18.7 Å². The highest BCUT2D eigenvalue weighted by molar-refractivity contribution is 5.31. The maximum absolute atomic E-state index is 14.0. The summed E-state index contributed by atoms with van der Waals surface area (Å²) in [6.45, 7) is 4.02. The third-order valence-electron chi connectivity index (χ3n) is 3.97. The van der Waals surface area contributed by atoms with Crippen molar-refractivity contribution in [2.75, 3.05) is 7.11 Å². The molecule has 0 spiro atoms. The molecule has 5 heteroatoms. The fraction of sp³-hybridized carbons (Fsp3) is 0.438. The molecule has 0 fully saturated rings. The van der Waals surface area contributed by atoms with E-state index in [1.807, 2.05) is 25.6 Å². The second-order valence-corrected chi connectivity index (χ2v) is 5.31. The predicted molar refractivity (Wildman–Crippen MR) is 80.9 cm³/mol. The molecule has 1 atom stereocenters. The SMILES string of the molecule is COc1ccc(C(N)CCc2c(C)nn(C)c2C)c(F)c1. The molecular formula is C16H22FN3O. The van der Waals surface area contributed by atoms with Crippen molar-refractivity contribution in [3.63, 3.8) is 0 Å². The van der Waals surface area contributed by atoms with Gasteiger partial charge in [0.1, 0.15) is 11.6 Å². The minimum absolute atomic E-state index is 0.318. The molecule has 2 rings (SSSR count). The molecule has 1 aromatic carbocycles. The van der Waals surface area contributed by atoms with Crippen molar-refractivity contribution < 1.29 is 9.13 Å². The van der Waals surface area contributed by atoms with Crippen LogP contribution in [0.15, 0.2) is 18.2 Å². The van der Waals surface area contributed by atoms with Crippen LogP contribution >= 0.6 is 0 Å². The van der Waals surface area contributed by atoms with Gasteiger partial charge in [0.25, 0.3) is 0 Å². The Hall–Kier alpha value is -1.88. The van der Waals surface area contributed by atoms with Gasteiger partial charge < -0.3 is 10.5 Å². The lowest BCUT2D eigenvalue weighted by Gasteiger charge is -2.14. The summed E-state index contributed by atoms with van der Waals surface area (Å²) in [5.74, 6) is 0.184. The van der Waals surface area contributed by atoms with E-state index in [0.717, 1.165) is 17.8 Å². The van der Waals surface area contributed by atoms with Gasteiger partial charge in [-0.25, -0.2) is 4.39 Å². The molecule has 1 unspecified atom stereocenters. The van der Waals surface area contributed by atoms with E-state index in [2.05, 4.69) is 5.10 Å². The second-order valence-electron chi connectivity index (χ2n) is 5.31. The highest BCUT2D eigenvalue weighted by atomic mass is 19.1. The lowest BCUT2D eigenvalue weighted by molar-refractivity contribution is 0.410. The van der Waals surface area contributed by atoms with E-state index in [4.69, 9.17) is 10.5 Å². The lowest BCUT2D eigenvalue weighted by Crippen LogP contribution is -2.13. The first-order valence-electron chi connectivity index (χ1n) is 7.02. The topological polar surface area (TPSA) is 53.1 Å². The zero-order valence-corrected chi connectivity index (χ0v) is 13.0. The van der Waals surface area contributed by atoms with Gasteiger partial charge in [0.2, 0.25) is 0 Å². The van der Waals surface area contributed by atoms with Gasteiger partial charge >= 0.3 is 0 Å². The zero-order valence-electron chi connectivity index (χ0n) is 13.0. The Bertz CT molecular complexity index is 637. The van der Waals surface area contributed by atoms with Crippen LogP contribution in [0, 0.1) is 19.7 Å². The Kier molecular flexibility index (Phi) is 4.63.